The van der Waals surface area contributed by atoms with E-state index in [0.717, 1.165) is 30.0 Å². The van der Waals surface area contributed by atoms with Gasteiger partial charge in [-0.1, -0.05) is 30.1 Å². The van der Waals surface area contributed by atoms with Crippen molar-refractivity contribution < 1.29 is 8.42 Å². The summed E-state index contributed by atoms with van der Waals surface area (Å²) < 4.78 is 27.7. The molecule has 1 aliphatic heterocycles. The maximum Gasteiger partial charge on any atom is 0.242 e. The van der Waals surface area contributed by atoms with E-state index in [1.807, 2.05) is 6.92 Å². The molecule has 118 valence electrons. The van der Waals surface area contributed by atoms with Crippen LogP contribution >= 0.6 is 35.0 Å². The first kappa shape index (κ1) is 17.4. The van der Waals surface area contributed by atoms with Crippen LogP contribution in [-0.4, -0.2) is 32.5 Å². The van der Waals surface area contributed by atoms with Crippen molar-refractivity contribution in [2.45, 2.75) is 30.8 Å². The Morgan fingerprint density at radius 2 is 2.10 bits per heavy atom. The number of hydrogen-bond donors (Lipinski definition) is 2. The Hall–Kier alpha value is 0.0200. The summed E-state index contributed by atoms with van der Waals surface area (Å²) in [5, 5.41) is 3.75. The van der Waals surface area contributed by atoms with Crippen molar-refractivity contribution in [2.24, 2.45) is 0 Å². The number of thioether (sulfide) groups is 1. The van der Waals surface area contributed by atoms with E-state index in [1.54, 1.807) is 17.8 Å². The molecule has 21 heavy (non-hydrogen) atoms. The zero-order valence-corrected chi connectivity index (χ0v) is 14.8. The standard InChI is InChI=1S/C13H18Cl2N2O2S2/c1-2-16-7-9-5-13(12(15)6-11(9)14)21(18,19)17-10-3-4-20-8-10/h5-6,10,16-17H,2-4,7-8H2,1H3. The molecule has 0 radical (unpaired) electrons. The van der Waals surface area contributed by atoms with Crippen LogP contribution in [0.3, 0.4) is 0 Å². The van der Waals surface area contributed by atoms with E-state index < -0.39 is 10.0 Å². The SMILES string of the molecule is CCNCc1cc(S(=O)(=O)NC2CCSC2)c(Cl)cc1Cl. The topological polar surface area (TPSA) is 58.2 Å². The van der Waals surface area contributed by atoms with E-state index in [9.17, 15) is 8.42 Å². The fourth-order valence-corrected chi connectivity index (χ4v) is 5.48. The summed E-state index contributed by atoms with van der Waals surface area (Å²) in [6.07, 6.45) is 0.847. The second-order valence-corrected chi connectivity index (χ2v) is 8.48. The lowest BCUT2D eigenvalue weighted by molar-refractivity contribution is 0.563. The fourth-order valence-electron chi connectivity index (χ4n) is 2.08. The molecule has 0 aromatic heterocycles. The van der Waals surface area contributed by atoms with Gasteiger partial charge in [-0.15, -0.1) is 0 Å². The van der Waals surface area contributed by atoms with Gasteiger partial charge >= 0.3 is 0 Å². The van der Waals surface area contributed by atoms with Crippen molar-refractivity contribution in [3.05, 3.63) is 27.7 Å². The van der Waals surface area contributed by atoms with Gasteiger partial charge in [-0.05, 0) is 36.4 Å². The molecular weight excluding hydrogens is 351 g/mol. The summed E-state index contributed by atoms with van der Waals surface area (Å²) in [4.78, 5) is 0.0957. The Kier molecular flexibility index (Phi) is 6.23. The molecule has 2 N–H and O–H groups in total. The van der Waals surface area contributed by atoms with Crippen molar-refractivity contribution in [3.8, 4) is 0 Å². The molecule has 1 aromatic carbocycles. The van der Waals surface area contributed by atoms with Gasteiger partial charge in [0.05, 0.1) is 5.02 Å². The zero-order valence-electron chi connectivity index (χ0n) is 11.7. The molecule has 1 saturated heterocycles. The molecule has 2 rings (SSSR count). The van der Waals surface area contributed by atoms with Crippen molar-refractivity contribution in [1.82, 2.24) is 10.0 Å². The minimum absolute atomic E-state index is 0.0241. The van der Waals surface area contributed by atoms with Gasteiger partial charge in [-0.25, -0.2) is 13.1 Å². The first-order chi connectivity index (χ1) is 9.94. The van der Waals surface area contributed by atoms with E-state index in [-0.39, 0.29) is 16.0 Å². The predicted molar refractivity (Wildman–Crippen MR) is 89.9 cm³/mol. The molecule has 0 saturated carbocycles. The Balaban J connectivity index is 2.28. The van der Waals surface area contributed by atoms with Crippen molar-refractivity contribution >= 4 is 45.0 Å². The zero-order chi connectivity index (χ0) is 15.5. The minimum Gasteiger partial charge on any atom is -0.313 e. The maximum absolute atomic E-state index is 12.5. The van der Waals surface area contributed by atoms with Gasteiger partial charge in [0.1, 0.15) is 4.90 Å². The number of nitrogens with one attached hydrogen (secondary N) is 2. The first-order valence-corrected chi connectivity index (χ1v) is 10.1. The van der Waals surface area contributed by atoms with Crippen molar-refractivity contribution in [2.75, 3.05) is 18.1 Å². The van der Waals surface area contributed by atoms with Crippen LogP contribution in [-0.2, 0) is 16.6 Å². The van der Waals surface area contributed by atoms with Crippen LogP contribution in [0, 0.1) is 0 Å². The molecule has 0 amide bonds. The highest BCUT2D eigenvalue weighted by molar-refractivity contribution is 7.99. The highest BCUT2D eigenvalue weighted by Crippen LogP contribution is 2.29. The molecule has 1 aromatic rings. The molecule has 1 fully saturated rings. The smallest absolute Gasteiger partial charge is 0.242 e. The third-order valence-corrected chi connectivity index (χ3v) is 6.71. The molecule has 0 spiro atoms. The largest absolute Gasteiger partial charge is 0.313 e. The van der Waals surface area contributed by atoms with E-state index in [1.165, 1.54) is 6.07 Å². The van der Waals surface area contributed by atoms with E-state index >= 15 is 0 Å². The minimum atomic E-state index is -3.62. The molecule has 0 bridgehead atoms. The van der Waals surface area contributed by atoms with Gasteiger partial charge in [0.2, 0.25) is 10.0 Å². The molecule has 1 unspecified atom stereocenters. The quantitative estimate of drug-likeness (QED) is 0.810. The second kappa shape index (κ2) is 7.53. The van der Waals surface area contributed by atoms with Crippen LogP contribution in [0.1, 0.15) is 18.9 Å². The Labute approximate surface area is 140 Å². The number of rotatable bonds is 6. The summed E-state index contributed by atoms with van der Waals surface area (Å²) in [5.74, 6) is 1.78. The molecule has 1 atom stereocenters. The van der Waals surface area contributed by atoms with E-state index in [0.29, 0.717) is 11.6 Å². The summed E-state index contributed by atoms with van der Waals surface area (Å²) in [7, 11) is -3.62. The highest BCUT2D eigenvalue weighted by Gasteiger charge is 2.25. The Bertz CT molecular complexity index is 602. The molecule has 4 nitrogen and oxygen atoms in total. The lowest BCUT2D eigenvalue weighted by Crippen LogP contribution is -2.34. The molecule has 1 aliphatic rings. The third kappa shape index (κ3) is 4.50. The van der Waals surface area contributed by atoms with Crippen LogP contribution in [0.5, 0.6) is 0 Å². The number of sulfonamides is 1. The first-order valence-electron chi connectivity index (χ1n) is 6.72. The number of hydrogen-bond acceptors (Lipinski definition) is 4. The lowest BCUT2D eigenvalue weighted by atomic mass is 10.2. The van der Waals surface area contributed by atoms with Gasteiger partial charge in [-0.2, -0.15) is 11.8 Å². The average molecular weight is 369 g/mol. The molecule has 1 heterocycles. The molecule has 8 heteroatoms. The highest BCUT2D eigenvalue weighted by atomic mass is 35.5. The molecular formula is C13H18Cl2N2O2S2. The fraction of sp³-hybridized carbons (Fsp3) is 0.538. The second-order valence-electron chi connectivity index (χ2n) is 4.84. The van der Waals surface area contributed by atoms with Crippen molar-refractivity contribution in [1.29, 1.82) is 0 Å². The van der Waals surface area contributed by atoms with Gasteiger partial charge in [-0.3, -0.25) is 0 Å². The number of benzene rings is 1. The van der Waals surface area contributed by atoms with Gasteiger partial charge in [0.25, 0.3) is 0 Å². The monoisotopic (exact) mass is 368 g/mol. The summed E-state index contributed by atoms with van der Waals surface area (Å²) in [5.41, 5.74) is 0.726. The maximum atomic E-state index is 12.5. The van der Waals surface area contributed by atoms with E-state index in [4.69, 9.17) is 23.2 Å². The summed E-state index contributed by atoms with van der Waals surface area (Å²) >= 11 is 13.9. The third-order valence-electron chi connectivity index (χ3n) is 3.21. The molecule has 0 aliphatic carbocycles. The summed E-state index contributed by atoms with van der Waals surface area (Å²) in [6, 6.07) is 3.02. The lowest BCUT2D eigenvalue weighted by Gasteiger charge is -2.15. The van der Waals surface area contributed by atoms with Gasteiger partial charge < -0.3 is 5.32 Å². The van der Waals surface area contributed by atoms with Crippen LogP contribution in [0.2, 0.25) is 10.0 Å². The summed E-state index contributed by atoms with van der Waals surface area (Å²) in [6.45, 7) is 3.26. The van der Waals surface area contributed by atoms with E-state index in [2.05, 4.69) is 10.0 Å². The van der Waals surface area contributed by atoms with Gasteiger partial charge in [0.15, 0.2) is 0 Å². The normalized spacial score (nSPS) is 19.1. The number of halogens is 2. The van der Waals surface area contributed by atoms with Crippen LogP contribution in [0.15, 0.2) is 17.0 Å². The predicted octanol–water partition coefficient (Wildman–Crippen LogP) is 2.89. The Morgan fingerprint density at radius 3 is 2.71 bits per heavy atom. The van der Waals surface area contributed by atoms with Gasteiger partial charge in [0, 0.05) is 23.4 Å². The van der Waals surface area contributed by atoms with Crippen LogP contribution in [0.4, 0.5) is 0 Å². The Morgan fingerprint density at radius 1 is 1.33 bits per heavy atom. The van der Waals surface area contributed by atoms with Crippen LogP contribution < -0.4 is 10.0 Å². The van der Waals surface area contributed by atoms with Crippen LogP contribution in [0.25, 0.3) is 0 Å². The average Bonchev–Trinajstić information content (AvgIpc) is 2.89. The van der Waals surface area contributed by atoms with Crippen molar-refractivity contribution in [3.63, 3.8) is 0 Å².